The average Bonchev–Trinajstić information content (AvgIpc) is 2.59. The van der Waals surface area contributed by atoms with Gasteiger partial charge in [0.15, 0.2) is 0 Å². The molecule has 1 saturated heterocycles. The predicted octanol–water partition coefficient (Wildman–Crippen LogP) is 2.38. The number of para-hydroxylation sites is 1. The van der Waals surface area contributed by atoms with Gasteiger partial charge < -0.3 is 14.9 Å². The van der Waals surface area contributed by atoms with Crippen molar-refractivity contribution in [3.8, 4) is 5.75 Å². The first kappa shape index (κ1) is 11.4. The van der Waals surface area contributed by atoms with E-state index in [4.69, 9.17) is 4.74 Å². The van der Waals surface area contributed by atoms with Crippen molar-refractivity contribution < 1.29 is 14.9 Å². The molecule has 88 valence electrons. The van der Waals surface area contributed by atoms with Gasteiger partial charge in [0.05, 0.1) is 11.7 Å². The summed E-state index contributed by atoms with van der Waals surface area (Å²) in [5.74, 6) is 0.128. The SMILES string of the molecule is CC1(C)CC[C@H]([C@H](O)c2ccccc2O)O1. The number of benzene rings is 1. The van der Waals surface area contributed by atoms with Crippen molar-refractivity contribution in [3.63, 3.8) is 0 Å². The molecule has 1 aromatic rings. The Morgan fingerprint density at radius 1 is 1.38 bits per heavy atom. The molecule has 1 aromatic carbocycles. The number of hydrogen-bond acceptors (Lipinski definition) is 3. The summed E-state index contributed by atoms with van der Waals surface area (Å²) in [6.07, 6.45) is 0.788. The van der Waals surface area contributed by atoms with Crippen LogP contribution < -0.4 is 0 Å². The van der Waals surface area contributed by atoms with E-state index in [0.717, 1.165) is 12.8 Å². The molecule has 0 spiro atoms. The third-order valence-corrected chi connectivity index (χ3v) is 3.11. The first-order chi connectivity index (χ1) is 7.49. The smallest absolute Gasteiger partial charge is 0.121 e. The molecule has 0 unspecified atom stereocenters. The number of rotatable bonds is 2. The minimum atomic E-state index is -0.747. The average molecular weight is 222 g/mol. The number of hydrogen-bond donors (Lipinski definition) is 2. The van der Waals surface area contributed by atoms with Gasteiger partial charge >= 0.3 is 0 Å². The van der Waals surface area contributed by atoms with Crippen LogP contribution in [-0.2, 0) is 4.74 Å². The Morgan fingerprint density at radius 2 is 2.06 bits per heavy atom. The van der Waals surface area contributed by atoms with Crippen molar-refractivity contribution in [3.05, 3.63) is 29.8 Å². The molecular formula is C13H18O3. The van der Waals surface area contributed by atoms with Crippen LogP contribution in [0.2, 0.25) is 0 Å². The Bertz CT molecular complexity index is 373. The van der Waals surface area contributed by atoms with Crippen molar-refractivity contribution in [1.29, 1.82) is 0 Å². The molecule has 3 nitrogen and oxygen atoms in total. The molecule has 0 saturated carbocycles. The molecule has 0 bridgehead atoms. The predicted molar refractivity (Wildman–Crippen MR) is 61.3 cm³/mol. The van der Waals surface area contributed by atoms with Gasteiger partial charge in [-0.3, -0.25) is 0 Å². The molecule has 2 atom stereocenters. The number of aromatic hydroxyl groups is 1. The lowest BCUT2D eigenvalue weighted by molar-refractivity contribution is -0.0725. The number of aliphatic hydroxyl groups excluding tert-OH is 1. The number of phenolic OH excluding ortho intramolecular Hbond substituents is 1. The van der Waals surface area contributed by atoms with E-state index in [-0.39, 0.29) is 17.5 Å². The van der Waals surface area contributed by atoms with E-state index in [1.165, 1.54) is 0 Å². The van der Waals surface area contributed by atoms with Gasteiger partial charge in [0.1, 0.15) is 11.9 Å². The molecule has 16 heavy (non-hydrogen) atoms. The van der Waals surface area contributed by atoms with Gasteiger partial charge in [0, 0.05) is 5.56 Å². The quantitative estimate of drug-likeness (QED) is 0.807. The summed E-state index contributed by atoms with van der Waals surface area (Å²) in [4.78, 5) is 0. The molecule has 0 aromatic heterocycles. The van der Waals surface area contributed by atoms with Gasteiger partial charge in [0.2, 0.25) is 0 Å². The minimum absolute atomic E-state index is 0.128. The Kier molecular flexibility index (Phi) is 2.91. The molecule has 2 rings (SSSR count). The lowest BCUT2D eigenvalue weighted by Gasteiger charge is -2.23. The molecule has 0 aliphatic carbocycles. The van der Waals surface area contributed by atoms with Crippen LogP contribution >= 0.6 is 0 Å². The highest BCUT2D eigenvalue weighted by Gasteiger charge is 2.36. The summed E-state index contributed by atoms with van der Waals surface area (Å²) in [5.41, 5.74) is 0.376. The van der Waals surface area contributed by atoms with Crippen LogP contribution in [0.15, 0.2) is 24.3 Å². The zero-order valence-electron chi connectivity index (χ0n) is 9.68. The third-order valence-electron chi connectivity index (χ3n) is 3.11. The minimum Gasteiger partial charge on any atom is -0.508 e. The van der Waals surface area contributed by atoms with Gasteiger partial charge in [-0.1, -0.05) is 18.2 Å². The highest BCUT2D eigenvalue weighted by Crippen LogP contribution is 2.37. The first-order valence-electron chi connectivity index (χ1n) is 5.63. The summed E-state index contributed by atoms with van der Waals surface area (Å²) in [7, 11) is 0. The van der Waals surface area contributed by atoms with Gasteiger partial charge in [-0.15, -0.1) is 0 Å². The molecular weight excluding hydrogens is 204 g/mol. The van der Waals surface area contributed by atoms with Gasteiger partial charge in [-0.25, -0.2) is 0 Å². The van der Waals surface area contributed by atoms with E-state index in [1.54, 1.807) is 24.3 Å². The van der Waals surface area contributed by atoms with Gasteiger partial charge in [-0.2, -0.15) is 0 Å². The Balaban J connectivity index is 2.15. The molecule has 0 radical (unpaired) electrons. The third kappa shape index (κ3) is 2.20. The molecule has 3 heteroatoms. The second-order valence-corrected chi connectivity index (χ2v) is 4.96. The monoisotopic (exact) mass is 222 g/mol. The van der Waals surface area contributed by atoms with Crippen LogP contribution in [0.1, 0.15) is 38.4 Å². The fourth-order valence-corrected chi connectivity index (χ4v) is 2.18. The maximum absolute atomic E-state index is 10.1. The Morgan fingerprint density at radius 3 is 2.62 bits per heavy atom. The lowest BCUT2D eigenvalue weighted by Crippen LogP contribution is -2.24. The molecule has 2 N–H and O–H groups in total. The molecule has 1 heterocycles. The van der Waals surface area contributed by atoms with Gasteiger partial charge in [0.25, 0.3) is 0 Å². The molecule has 0 amide bonds. The van der Waals surface area contributed by atoms with Crippen molar-refractivity contribution in [2.45, 2.75) is 44.5 Å². The summed E-state index contributed by atoms with van der Waals surface area (Å²) in [6, 6.07) is 6.86. The van der Waals surface area contributed by atoms with Gasteiger partial charge in [-0.05, 0) is 32.8 Å². The van der Waals surface area contributed by atoms with Crippen LogP contribution in [0.25, 0.3) is 0 Å². The maximum Gasteiger partial charge on any atom is 0.121 e. The number of phenols is 1. The fourth-order valence-electron chi connectivity index (χ4n) is 2.18. The van der Waals surface area contributed by atoms with E-state index in [0.29, 0.717) is 5.56 Å². The summed E-state index contributed by atoms with van der Waals surface area (Å²) < 4.78 is 5.76. The second kappa shape index (κ2) is 4.07. The fraction of sp³-hybridized carbons (Fsp3) is 0.538. The van der Waals surface area contributed by atoms with Crippen LogP contribution in [0, 0.1) is 0 Å². The topological polar surface area (TPSA) is 49.7 Å². The lowest BCUT2D eigenvalue weighted by atomic mass is 9.99. The summed E-state index contributed by atoms with van der Waals surface area (Å²) in [5, 5.41) is 19.8. The highest BCUT2D eigenvalue weighted by molar-refractivity contribution is 5.34. The first-order valence-corrected chi connectivity index (χ1v) is 5.63. The standard InChI is InChI=1S/C13H18O3/c1-13(2)8-7-11(16-13)12(15)9-5-3-4-6-10(9)14/h3-6,11-12,14-15H,7-8H2,1-2H3/t11-,12-/m1/s1. The van der Waals surface area contributed by atoms with E-state index in [9.17, 15) is 10.2 Å². The van der Waals surface area contributed by atoms with Crippen molar-refractivity contribution >= 4 is 0 Å². The molecule has 1 fully saturated rings. The Labute approximate surface area is 95.7 Å². The number of aliphatic hydroxyl groups is 1. The summed E-state index contributed by atoms with van der Waals surface area (Å²) >= 11 is 0. The van der Waals surface area contributed by atoms with Crippen LogP contribution in [0.4, 0.5) is 0 Å². The van der Waals surface area contributed by atoms with E-state index in [1.807, 2.05) is 13.8 Å². The van der Waals surface area contributed by atoms with Crippen LogP contribution in [0.3, 0.4) is 0 Å². The maximum atomic E-state index is 10.1. The summed E-state index contributed by atoms with van der Waals surface area (Å²) in [6.45, 7) is 4.04. The van der Waals surface area contributed by atoms with Crippen molar-refractivity contribution in [2.24, 2.45) is 0 Å². The zero-order valence-corrected chi connectivity index (χ0v) is 9.68. The molecule has 1 aliphatic rings. The largest absolute Gasteiger partial charge is 0.508 e. The highest BCUT2D eigenvalue weighted by atomic mass is 16.5. The van der Waals surface area contributed by atoms with Crippen LogP contribution in [-0.4, -0.2) is 21.9 Å². The zero-order chi connectivity index (χ0) is 11.8. The van der Waals surface area contributed by atoms with E-state index >= 15 is 0 Å². The van der Waals surface area contributed by atoms with E-state index < -0.39 is 6.10 Å². The van der Waals surface area contributed by atoms with Crippen molar-refractivity contribution in [1.82, 2.24) is 0 Å². The van der Waals surface area contributed by atoms with Crippen molar-refractivity contribution in [2.75, 3.05) is 0 Å². The number of ether oxygens (including phenoxy) is 1. The normalized spacial score (nSPS) is 25.6. The Hall–Kier alpha value is -1.06. The van der Waals surface area contributed by atoms with E-state index in [2.05, 4.69) is 0 Å². The van der Waals surface area contributed by atoms with Crippen LogP contribution in [0.5, 0.6) is 5.75 Å². The molecule has 1 aliphatic heterocycles. The second-order valence-electron chi connectivity index (χ2n) is 4.96.